The van der Waals surface area contributed by atoms with Crippen LogP contribution in [0.15, 0.2) is 24.3 Å². The van der Waals surface area contributed by atoms with Gasteiger partial charge in [0.2, 0.25) is 5.91 Å². The lowest BCUT2D eigenvalue weighted by molar-refractivity contribution is -0.122. The first kappa shape index (κ1) is 14.4. The highest BCUT2D eigenvalue weighted by molar-refractivity contribution is 6.06. The van der Waals surface area contributed by atoms with Gasteiger partial charge in [0.05, 0.1) is 18.0 Å². The second kappa shape index (κ2) is 5.66. The number of hydrogen-bond donors (Lipinski definition) is 2. The number of rotatable bonds is 3. The number of nitrogens with one attached hydrogen (secondary N) is 2. The smallest absolute Gasteiger partial charge is 0.250 e. The van der Waals surface area contributed by atoms with Crippen LogP contribution >= 0.6 is 0 Å². The van der Waals surface area contributed by atoms with E-state index in [2.05, 4.69) is 22.5 Å². The fourth-order valence-corrected chi connectivity index (χ4v) is 3.30. The van der Waals surface area contributed by atoms with Crippen LogP contribution in [0.25, 0.3) is 0 Å². The number of hydrogen-bond acceptors (Lipinski definition) is 4. The summed E-state index contributed by atoms with van der Waals surface area (Å²) in [6, 6.07) is 8.28. The Morgan fingerprint density at radius 3 is 2.62 bits per heavy atom. The van der Waals surface area contributed by atoms with E-state index in [1.165, 1.54) is 0 Å². The molecule has 2 aliphatic heterocycles. The molecule has 1 fully saturated rings. The summed E-state index contributed by atoms with van der Waals surface area (Å²) < 4.78 is 5.22. The average molecular weight is 289 g/mol. The fraction of sp³-hybridized carbons (Fsp3) is 0.562. The van der Waals surface area contributed by atoms with Crippen molar-refractivity contribution in [2.45, 2.75) is 31.3 Å². The van der Waals surface area contributed by atoms with Gasteiger partial charge in [0.1, 0.15) is 5.54 Å². The van der Waals surface area contributed by atoms with E-state index in [0.717, 1.165) is 43.9 Å². The van der Waals surface area contributed by atoms with E-state index in [4.69, 9.17) is 4.74 Å². The summed E-state index contributed by atoms with van der Waals surface area (Å²) in [5, 5.41) is 6.53. The number of carbonyl (C=O) groups excluding carboxylic acids is 1. The van der Waals surface area contributed by atoms with Crippen molar-refractivity contribution in [2.75, 3.05) is 37.4 Å². The summed E-state index contributed by atoms with van der Waals surface area (Å²) in [5.74, 6) is 0.0974. The summed E-state index contributed by atoms with van der Waals surface area (Å²) in [6.07, 6.45) is 1.64. The predicted octanol–water partition coefficient (Wildman–Crippen LogP) is 1.92. The van der Waals surface area contributed by atoms with Crippen LogP contribution in [0.1, 0.15) is 19.8 Å². The zero-order valence-corrected chi connectivity index (χ0v) is 12.7. The van der Waals surface area contributed by atoms with Crippen LogP contribution in [0.4, 0.5) is 11.4 Å². The minimum atomic E-state index is -0.461. The molecular formula is C16H23N3O2. The van der Waals surface area contributed by atoms with Gasteiger partial charge in [0, 0.05) is 26.2 Å². The van der Waals surface area contributed by atoms with E-state index >= 15 is 0 Å². The van der Waals surface area contributed by atoms with Gasteiger partial charge >= 0.3 is 0 Å². The van der Waals surface area contributed by atoms with E-state index < -0.39 is 5.54 Å². The van der Waals surface area contributed by atoms with Crippen molar-refractivity contribution >= 4 is 17.3 Å². The highest BCUT2D eigenvalue weighted by Gasteiger charge is 2.44. The van der Waals surface area contributed by atoms with Crippen molar-refractivity contribution in [3.63, 3.8) is 0 Å². The molecule has 0 unspecified atom stereocenters. The van der Waals surface area contributed by atoms with Gasteiger partial charge in [-0.05, 0) is 31.9 Å². The lowest BCUT2D eigenvalue weighted by Gasteiger charge is -2.45. The monoisotopic (exact) mass is 289 g/mol. The van der Waals surface area contributed by atoms with Gasteiger partial charge in [-0.3, -0.25) is 9.69 Å². The maximum absolute atomic E-state index is 12.5. The molecule has 3 rings (SSSR count). The van der Waals surface area contributed by atoms with E-state index in [1.54, 1.807) is 7.11 Å². The number of methoxy groups -OCH3 is 1. The number of carbonyl (C=O) groups is 1. The van der Waals surface area contributed by atoms with E-state index in [-0.39, 0.29) is 5.91 Å². The highest BCUT2D eigenvalue weighted by Crippen LogP contribution is 2.36. The predicted molar refractivity (Wildman–Crippen MR) is 83.6 cm³/mol. The molecule has 0 saturated carbocycles. The molecular weight excluding hydrogens is 266 g/mol. The first-order valence-corrected chi connectivity index (χ1v) is 7.56. The third kappa shape index (κ3) is 2.63. The topological polar surface area (TPSA) is 53.6 Å². The minimum Gasteiger partial charge on any atom is -0.383 e. The summed E-state index contributed by atoms with van der Waals surface area (Å²) in [7, 11) is 1.73. The van der Waals surface area contributed by atoms with E-state index in [0.29, 0.717) is 6.04 Å². The Kier molecular flexibility index (Phi) is 3.87. The van der Waals surface area contributed by atoms with Gasteiger partial charge in [0.25, 0.3) is 0 Å². The maximum Gasteiger partial charge on any atom is 0.250 e. The number of nitrogens with zero attached hydrogens (tertiary/aromatic N) is 1. The van der Waals surface area contributed by atoms with Crippen molar-refractivity contribution in [1.29, 1.82) is 0 Å². The molecule has 5 heteroatoms. The number of para-hydroxylation sites is 2. The molecule has 1 spiro atoms. The van der Waals surface area contributed by atoms with Gasteiger partial charge in [-0.1, -0.05) is 12.1 Å². The summed E-state index contributed by atoms with van der Waals surface area (Å²) in [6.45, 7) is 4.72. The van der Waals surface area contributed by atoms with Gasteiger partial charge in [-0.15, -0.1) is 0 Å². The lowest BCUT2D eigenvalue weighted by Crippen LogP contribution is -2.59. The van der Waals surface area contributed by atoms with Crippen molar-refractivity contribution in [1.82, 2.24) is 4.90 Å². The molecule has 2 heterocycles. The number of amides is 1. The molecule has 1 saturated heterocycles. The number of ether oxygens (including phenoxy) is 1. The molecule has 0 radical (unpaired) electrons. The lowest BCUT2D eigenvalue weighted by atomic mass is 9.84. The Morgan fingerprint density at radius 2 is 1.95 bits per heavy atom. The van der Waals surface area contributed by atoms with Crippen molar-refractivity contribution in [3.8, 4) is 0 Å². The zero-order valence-electron chi connectivity index (χ0n) is 12.7. The Balaban J connectivity index is 1.72. The highest BCUT2D eigenvalue weighted by atomic mass is 16.5. The first-order valence-electron chi connectivity index (χ1n) is 7.56. The molecule has 1 amide bonds. The number of fused-ring (bicyclic) bond motifs is 1. The van der Waals surface area contributed by atoms with Crippen LogP contribution in [0.3, 0.4) is 0 Å². The number of benzene rings is 1. The molecule has 1 atom stereocenters. The standard InChI is InChI=1S/C16H23N3O2/c1-12(11-21-2)19-9-7-16(8-10-19)15(20)17-13-5-3-4-6-14(13)18-16/h3-6,12,18H,7-11H2,1-2H3,(H,17,20)/t12-/m0/s1. The summed E-state index contributed by atoms with van der Waals surface area (Å²) in [5.41, 5.74) is 1.44. The molecule has 5 nitrogen and oxygen atoms in total. The van der Waals surface area contributed by atoms with Crippen LogP contribution in [-0.2, 0) is 9.53 Å². The normalized spacial score (nSPS) is 22.3. The average Bonchev–Trinajstić information content (AvgIpc) is 2.49. The first-order chi connectivity index (χ1) is 10.1. The molecule has 1 aromatic rings. The molecule has 2 aliphatic rings. The van der Waals surface area contributed by atoms with Crippen LogP contribution in [0.5, 0.6) is 0 Å². The molecule has 0 bridgehead atoms. The maximum atomic E-state index is 12.5. The molecule has 1 aromatic carbocycles. The largest absolute Gasteiger partial charge is 0.383 e. The van der Waals surface area contributed by atoms with Crippen molar-refractivity contribution in [2.24, 2.45) is 0 Å². The molecule has 21 heavy (non-hydrogen) atoms. The summed E-state index contributed by atoms with van der Waals surface area (Å²) in [4.78, 5) is 14.9. The quantitative estimate of drug-likeness (QED) is 0.892. The van der Waals surface area contributed by atoms with Crippen LogP contribution in [0.2, 0.25) is 0 Å². The van der Waals surface area contributed by atoms with Crippen LogP contribution < -0.4 is 10.6 Å². The van der Waals surface area contributed by atoms with Gasteiger partial charge in [-0.2, -0.15) is 0 Å². The Morgan fingerprint density at radius 1 is 1.29 bits per heavy atom. The second-order valence-corrected chi connectivity index (χ2v) is 6.05. The van der Waals surface area contributed by atoms with E-state index in [9.17, 15) is 4.79 Å². The van der Waals surface area contributed by atoms with Crippen LogP contribution in [0, 0.1) is 0 Å². The Bertz CT molecular complexity index is 524. The second-order valence-electron chi connectivity index (χ2n) is 6.05. The van der Waals surface area contributed by atoms with Crippen molar-refractivity contribution in [3.05, 3.63) is 24.3 Å². The molecule has 0 aromatic heterocycles. The molecule has 114 valence electrons. The SMILES string of the molecule is COC[C@H](C)N1CCC2(CC1)Nc1ccccc1NC2=O. The van der Waals surface area contributed by atoms with Gasteiger partial charge in [-0.25, -0.2) is 0 Å². The third-order valence-electron chi connectivity index (χ3n) is 4.67. The fourth-order valence-electron chi connectivity index (χ4n) is 3.30. The number of likely N-dealkylation sites (tertiary alicyclic amines) is 1. The minimum absolute atomic E-state index is 0.0974. The zero-order chi connectivity index (χ0) is 14.9. The van der Waals surface area contributed by atoms with Gasteiger partial charge in [0.15, 0.2) is 0 Å². The number of anilines is 2. The molecule has 2 N–H and O–H groups in total. The Labute approximate surface area is 125 Å². The molecule has 0 aliphatic carbocycles. The number of piperidine rings is 1. The summed E-state index contributed by atoms with van der Waals surface area (Å²) >= 11 is 0. The Hall–Kier alpha value is -1.59. The van der Waals surface area contributed by atoms with Crippen LogP contribution in [-0.4, -0.2) is 49.2 Å². The van der Waals surface area contributed by atoms with Crippen molar-refractivity contribution < 1.29 is 9.53 Å². The van der Waals surface area contributed by atoms with Gasteiger partial charge < -0.3 is 15.4 Å². The third-order valence-corrected chi connectivity index (χ3v) is 4.67. The van der Waals surface area contributed by atoms with E-state index in [1.807, 2.05) is 24.3 Å².